The summed E-state index contributed by atoms with van der Waals surface area (Å²) in [5.74, 6) is 1.16. The molecule has 2 rings (SSSR count). The third kappa shape index (κ3) is 2.79. The van der Waals surface area contributed by atoms with E-state index in [4.69, 9.17) is 0 Å². The highest BCUT2D eigenvalue weighted by Gasteiger charge is 2.13. The van der Waals surface area contributed by atoms with E-state index in [0.717, 1.165) is 32.0 Å². The van der Waals surface area contributed by atoms with E-state index in [2.05, 4.69) is 20.6 Å². The van der Waals surface area contributed by atoms with Crippen LogP contribution in [0.2, 0.25) is 0 Å². The summed E-state index contributed by atoms with van der Waals surface area (Å²) < 4.78 is 0. The maximum Gasteiger partial charge on any atom is 0.290 e. The number of aromatic amines is 1. The van der Waals surface area contributed by atoms with E-state index in [9.17, 15) is 4.79 Å². The lowest BCUT2D eigenvalue weighted by atomic mass is 10.1. The predicted molar refractivity (Wildman–Crippen MR) is 58.9 cm³/mol. The molecular formula is C10H16N4O. The van der Waals surface area contributed by atoms with Crippen molar-refractivity contribution in [2.24, 2.45) is 5.92 Å². The number of anilines is 1. The Morgan fingerprint density at radius 2 is 2.53 bits per heavy atom. The average molecular weight is 208 g/mol. The molecule has 0 spiro atoms. The third-order valence-corrected chi connectivity index (χ3v) is 2.72. The number of aromatic nitrogens is 2. The number of hydrogen-bond donors (Lipinski definition) is 3. The van der Waals surface area contributed by atoms with Crippen LogP contribution in [0.5, 0.6) is 0 Å². The molecule has 0 bridgehead atoms. The van der Waals surface area contributed by atoms with Crippen LogP contribution >= 0.6 is 0 Å². The van der Waals surface area contributed by atoms with Gasteiger partial charge in [-0.25, -0.2) is 4.98 Å². The molecule has 0 aromatic carbocycles. The average Bonchev–Trinajstić information content (AvgIpc) is 2.74. The van der Waals surface area contributed by atoms with Gasteiger partial charge in [0.15, 0.2) is 5.82 Å². The molecule has 1 atom stereocenters. The lowest BCUT2D eigenvalue weighted by Crippen LogP contribution is -2.18. The zero-order valence-corrected chi connectivity index (χ0v) is 8.62. The van der Waals surface area contributed by atoms with Crippen molar-refractivity contribution in [3.8, 4) is 0 Å². The molecule has 1 fully saturated rings. The van der Waals surface area contributed by atoms with E-state index in [-0.39, 0.29) is 5.56 Å². The lowest BCUT2D eigenvalue weighted by Gasteiger charge is -2.08. The second-order valence-electron chi connectivity index (χ2n) is 3.84. The van der Waals surface area contributed by atoms with E-state index in [1.165, 1.54) is 12.6 Å². The summed E-state index contributed by atoms with van der Waals surface area (Å²) in [6.45, 7) is 3.03. The molecule has 0 aliphatic carbocycles. The molecule has 5 nitrogen and oxygen atoms in total. The molecule has 2 heterocycles. The highest BCUT2D eigenvalue weighted by molar-refractivity contribution is 5.29. The van der Waals surface area contributed by atoms with E-state index in [1.807, 2.05) is 0 Å². The van der Waals surface area contributed by atoms with E-state index < -0.39 is 0 Å². The number of hydrogen-bond acceptors (Lipinski definition) is 4. The number of H-pyrrole nitrogens is 1. The Balaban J connectivity index is 1.78. The number of rotatable bonds is 4. The van der Waals surface area contributed by atoms with Gasteiger partial charge >= 0.3 is 0 Å². The molecule has 1 aromatic rings. The van der Waals surface area contributed by atoms with Gasteiger partial charge in [-0.2, -0.15) is 0 Å². The Morgan fingerprint density at radius 1 is 1.60 bits per heavy atom. The Hall–Kier alpha value is -1.36. The minimum absolute atomic E-state index is 0.151. The first kappa shape index (κ1) is 10.2. The van der Waals surface area contributed by atoms with Crippen LogP contribution in [0.15, 0.2) is 17.2 Å². The fourth-order valence-electron chi connectivity index (χ4n) is 1.83. The summed E-state index contributed by atoms with van der Waals surface area (Å²) in [6, 6.07) is 0. The monoisotopic (exact) mass is 208 g/mol. The Bertz CT molecular complexity index is 356. The highest BCUT2D eigenvalue weighted by atomic mass is 16.1. The summed E-state index contributed by atoms with van der Waals surface area (Å²) >= 11 is 0. The molecular weight excluding hydrogens is 192 g/mol. The molecule has 0 saturated carbocycles. The van der Waals surface area contributed by atoms with Crippen molar-refractivity contribution in [3.63, 3.8) is 0 Å². The third-order valence-electron chi connectivity index (χ3n) is 2.72. The quantitative estimate of drug-likeness (QED) is 0.660. The van der Waals surface area contributed by atoms with Gasteiger partial charge in [0.2, 0.25) is 0 Å². The molecule has 1 unspecified atom stereocenters. The molecule has 0 radical (unpaired) electrons. The van der Waals surface area contributed by atoms with Gasteiger partial charge in [-0.05, 0) is 31.8 Å². The fourth-order valence-corrected chi connectivity index (χ4v) is 1.83. The van der Waals surface area contributed by atoms with Crippen LogP contribution in [0.1, 0.15) is 12.8 Å². The van der Waals surface area contributed by atoms with Crippen LogP contribution in [0.3, 0.4) is 0 Å². The Labute approximate surface area is 88.3 Å². The van der Waals surface area contributed by atoms with Crippen molar-refractivity contribution in [2.45, 2.75) is 12.8 Å². The minimum Gasteiger partial charge on any atom is -0.365 e. The normalized spacial score (nSPS) is 20.4. The molecule has 1 aliphatic rings. The molecule has 1 aromatic heterocycles. The van der Waals surface area contributed by atoms with Crippen LogP contribution in [0.4, 0.5) is 5.82 Å². The molecule has 1 aliphatic heterocycles. The van der Waals surface area contributed by atoms with E-state index in [0.29, 0.717) is 5.82 Å². The van der Waals surface area contributed by atoms with Gasteiger partial charge in [-0.1, -0.05) is 0 Å². The maximum absolute atomic E-state index is 11.3. The second-order valence-corrected chi connectivity index (χ2v) is 3.84. The molecule has 1 saturated heterocycles. The Morgan fingerprint density at radius 3 is 3.27 bits per heavy atom. The van der Waals surface area contributed by atoms with Crippen LogP contribution < -0.4 is 16.2 Å². The van der Waals surface area contributed by atoms with E-state index in [1.54, 1.807) is 6.20 Å². The summed E-state index contributed by atoms with van der Waals surface area (Å²) in [5.41, 5.74) is -0.151. The summed E-state index contributed by atoms with van der Waals surface area (Å²) in [5, 5.41) is 6.38. The van der Waals surface area contributed by atoms with Crippen molar-refractivity contribution in [1.29, 1.82) is 0 Å². The zero-order valence-electron chi connectivity index (χ0n) is 8.62. The summed E-state index contributed by atoms with van der Waals surface area (Å²) in [7, 11) is 0. The van der Waals surface area contributed by atoms with Crippen LogP contribution in [-0.2, 0) is 0 Å². The van der Waals surface area contributed by atoms with Gasteiger partial charge in [0.05, 0.1) is 0 Å². The van der Waals surface area contributed by atoms with Gasteiger partial charge < -0.3 is 15.6 Å². The molecule has 82 valence electrons. The van der Waals surface area contributed by atoms with Gasteiger partial charge in [-0.3, -0.25) is 4.79 Å². The predicted octanol–water partition coefficient (Wildman–Crippen LogP) is 0.181. The highest BCUT2D eigenvalue weighted by Crippen LogP contribution is 2.11. The van der Waals surface area contributed by atoms with Gasteiger partial charge in [0, 0.05) is 18.9 Å². The van der Waals surface area contributed by atoms with Gasteiger partial charge in [0.25, 0.3) is 5.56 Å². The largest absolute Gasteiger partial charge is 0.365 e. The Kier molecular flexibility index (Phi) is 3.34. The van der Waals surface area contributed by atoms with Crippen molar-refractivity contribution in [1.82, 2.24) is 15.3 Å². The van der Waals surface area contributed by atoms with Crippen LogP contribution in [-0.4, -0.2) is 29.6 Å². The van der Waals surface area contributed by atoms with Crippen LogP contribution in [0.25, 0.3) is 0 Å². The summed E-state index contributed by atoms with van der Waals surface area (Å²) in [6.07, 6.45) is 5.44. The molecule has 0 amide bonds. The first-order chi connectivity index (χ1) is 7.36. The van der Waals surface area contributed by atoms with Crippen molar-refractivity contribution in [3.05, 3.63) is 22.7 Å². The van der Waals surface area contributed by atoms with Crippen molar-refractivity contribution in [2.75, 3.05) is 25.0 Å². The molecule has 3 N–H and O–H groups in total. The number of nitrogens with zero attached hydrogens (tertiary/aromatic N) is 1. The zero-order chi connectivity index (χ0) is 10.5. The molecule has 5 heteroatoms. The lowest BCUT2D eigenvalue weighted by molar-refractivity contribution is 0.548. The summed E-state index contributed by atoms with van der Waals surface area (Å²) in [4.78, 5) is 17.8. The fraction of sp³-hybridized carbons (Fsp3) is 0.600. The standard InChI is InChI=1S/C10H16N4O/c15-10-9(13-5-6-14-10)12-4-2-8-1-3-11-7-8/h5-6,8,11H,1-4,7H2,(H,12,13)(H,14,15). The van der Waals surface area contributed by atoms with Gasteiger partial charge in [-0.15, -0.1) is 0 Å². The van der Waals surface area contributed by atoms with Crippen molar-refractivity contribution >= 4 is 5.82 Å². The maximum atomic E-state index is 11.3. The molecule has 15 heavy (non-hydrogen) atoms. The van der Waals surface area contributed by atoms with Crippen LogP contribution in [0, 0.1) is 5.92 Å². The topological polar surface area (TPSA) is 69.8 Å². The first-order valence-electron chi connectivity index (χ1n) is 5.34. The number of nitrogens with one attached hydrogen (secondary N) is 3. The van der Waals surface area contributed by atoms with Gasteiger partial charge in [0.1, 0.15) is 0 Å². The SMILES string of the molecule is O=c1[nH]ccnc1NCCC1CCNC1. The van der Waals surface area contributed by atoms with Crippen molar-refractivity contribution < 1.29 is 0 Å². The van der Waals surface area contributed by atoms with E-state index >= 15 is 0 Å². The smallest absolute Gasteiger partial charge is 0.290 e. The second kappa shape index (κ2) is 4.93. The first-order valence-corrected chi connectivity index (χ1v) is 5.34. The minimum atomic E-state index is -0.151.